The highest BCUT2D eigenvalue weighted by Gasteiger charge is 2.32. The van der Waals surface area contributed by atoms with E-state index >= 15 is 0 Å². The number of carbonyl (C=O) groups is 1. The summed E-state index contributed by atoms with van der Waals surface area (Å²) in [4.78, 5) is 14.3. The minimum atomic E-state index is 0.0347. The van der Waals surface area contributed by atoms with E-state index in [1.807, 2.05) is 24.3 Å². The van der Waals surface area contributed by atoms with E-state index in [1.165, 1.54) is 12.8 Å². The van der Waals surface area contributed by atoms with Gasteiger partial charge in [-0.2, -0.15) is 0 Å². The minimum Gasteiger partial charge on any atom is -0.350 e. The Morgan fingerprint density at radius 1 is 1.44 bits per heavy atom. The third kappa shape index (κ3) is 3.45. The fourth-order valence-electron chi connectivity index (χ4n) is 2.19. The number of hydrogen-bond acceptors (Lipinski definition) is 2. The number of nitrogens with one attached hydrogen (secondary N) is 1. The highest BCUT2D eigenvalue weighted by molar-refractivity contribution is 14.1. The van der Waals surface area contributed by atoms with Crippen LogP contribution in [0.3, 0.4) is 0 Å². The molecule has 4 heteroatoms. The van der Waals surface area contributed by atoms with Crippen LogP contribution in [0.5, 0.6) is 0 Å². The molecule has 0 spiro atoms. The molecule has 1 fully saturated rings. The summed E-state index contributed by atoms with van der Waals surface area (Å²) in [5.74, 6) is 0.794. The van der Waals surface area contributed by atoms with Crippen molar-refractivity contribution < 1.29 is 4.79 Å². The molecule has 0 aliphatic heterocycles. The lowest BCUT2D eigenvalue weighted by atomic mass is 10.1. The Kier molecular flexibility index (Phi) is 4.61. The lowest BCUT2D eigenvalue weighted by Gasteiger charge is -2.24. The molecule has 0 aromatic heterocycles. The third-order valence-electron chi connectivity index (χ3n) is 3.42. The van der Waals surface area contributed by atoms with Crippen molar-refractivity contribution in [1.82, 2.24) is 10.2 Å². The second-order valence-electron chi connectivity index (χ2n) is 5.06. The van der Waals surface area contributed by atoms with Crippen LogP contribution >= 0.6 is 22.6 Å². The van der Waals surface area contributed by atoms with Gasteiger partial charge in [0.2, 0.25) is 0 Å². The summed E-state index contributed by atoms with van der Waals surface area (Å²) in [6.07, 6.45) is 2.59. The predicted molar refractivity (Wildman–Crippen MR) is 81.7 cm³/mol. The average molecular weight is 358 g/mol. The molecular formula is C14H19IN2O. The van der Waals surface area contributed by atoms with Gasteiger partial charge in [-0.3, -0.25) is 4.79 Å². The number of hydrogen-bond donors (Lipinski definition) is 1. The van der Waals surface area contributed by atoms with Gasteiger partial charge in [0, 0.05) is 16.2 Å². The number of rotatable bonds is 5. The summed E-state index contributed by atoms with van der Waals surface area (Å²) in [5, 5.41) is 3.06. The fraction of sp³-hybridized carbons (Fsp3) is 0.500. The highest BCUT2D eigenvalue weighted by atomic mass is 127. The first-order valence-electron chi connectivity index (χ1n) is 6.28. The van der Waals surface area contributed by atoms with Crippen molar-refractivity contribution in [3.05, 3.63) is 33.4 Å². The number of carbonyl (C=O) groups excluding carboxylic acids is 1. The second-order valence-corrected chi connectivity index (χ2v) is 6.22. The zero-order valence-electron chi connectivity index (χ0n) is 10.8. The van der Waals surface area contributed by atoms with Crippen molar-refractivity contribution in [2.24, 2.45) is 5.92 Å². The van der Waals surface area contributed by atoms with E-state index < -0.39 is 0 Å². The van der Waals surface area contributed by atoms with Gasteiger partial charge in [0.1, 0.15) is 0 Å². The molecule has 1 amide bonds. The molecule has 98 valence electrons. The Morgan fingerprint density at radius 3 is 2.67 bits per heavy atom. The van der Waals surface area contributed by atoms with Gasteiger partial charge in [0.15, 0.2) is 0 Å². The van der Waals surface area contributed by atoms with Crippen molar-refractivity contribution in [3.63, 3.8) is 0 Å². The Morgan fingerprint density at radius 2 is 2.11 bits per heavy atom. The van der Waals surface area contributed by atoms with Crippen LogP contribution in [0.15, 0.2) is 24.3 Å². The first kappa shape index (κ1) is 13.8. The summed E-state index contributed by atoms with van der Waals surface area (Å²) in [6.45, 7) is 0.738. The average Bonchev–Trinajstić information content (AvgIpc) is 3.13. The summed E-state index contributed by atoms with van der Waals surface area (Å²) < 4.78 is 1.00. The topological polar surface area (TPSA) is 32.3 Å². The first-order valence-corrected chi connectivity index (χ1v) is 7.36. The normalized spacial score (nSPS) is 16.7. The van der Waals surface area contributed by atoms with E-state index in [1.54, 1.807) is 0 Å². The maximum atomic E-state index is 12.1. The minimum absolute atomic E-state index is 0.0347. The molecule has 1 aromatic rings. The van der Waals surface area contributed by atoms with Crippen LogP contribution in [-0.4, -0.2) is 37.5 Å². The van der Waals surface area contributed by atoms with Crippen LogP contribution in [-0.2, 0) is 0 Å². The van der Waals surface area contributed by atoms with Crippen molar-refractivity contribution in [2.75, 3.05) is 20.6 Å². The van der Waals surface area contributed by atoms with Gasteiger partial charge in [-0.1, -0.05) is 12.1 Å². The Balaban J connectivity index is 1.93. The number of amides is 1. The zero-order valence-corrected chi connectivity index (χ0v) is 13.0. The van der Waals surface area contributed by atoms with E-state index in [4.69, 9.17) is 0 Å². The number of benzene rings is 1. The third-order valence-corrected chi connectivity index (χ3v) is 4.36. The maximum absolute atomic E-state index is 12.1. The fourth-order valence-corrected chi connectivity index (χ4v) is 2.82. The molecule has 1 N–H and O–H groups in total. The van der Waals surface area contributed by atoms with E-state index in [9.17, 15) is 4.79 Å². The van der Waals surface area contributed by atoms with Gasteiger partial charge in [-0.15, -0.1) is 0 Å². The molecule has 0 bridgehead atoms. The molecule has 18 heavy (non-hydrogen) atoms. The van der Waals surface area contributed by atoms with Gasteiger partial charge in [0.05, 0.1) is 5.56 Å². The molecule has 1 saturated carbocycles. The van der Waals surface area contributed by atoms with Crippen LogP contribution in [0.2, 0.25) is 0 Å². The van der Waals surface area contributed by atoms with Crippen molar-refractivity contribution in [1.29, 1.82) is 0 Å². The zero-order chi connectivity index (χ0) is 13.1. The Bertz CT molecular complexity index is 428. The van der Waals surface area contributed by atoms with Crippen molar-refractivity contribution in [3.8, 4) is 0 Å². The van der Waals surface area contributed by atoms with E-state index in [0.29, 0.717) is 6.04 Å². The molecule has 1 aromatic carbocycles. The monoisotopic (exact) mass is 358 g/mol. The lowest BCUT2D eigenvalue weighted by molar-refractivity contribution is 0.0938. The van der Waals surface area contributed by atoms with Gasteiger partial charge < -0.3 is 10.2 Å². The van der Waals surface area contributed by atoms with Crippen molar-refractivity contribution in [2.45, 2.75) is 18.9 Å². The second kappa shape index (κ2) is 6.02. The summed E-state index contributed by atoms with van der Waals surface area (Å²) in [6, 6.07) is 8.15. The quantitative estimate of drug-likeness (QED) is 0.820. The maximum Gasteiger partial charge on any atom is 0.252 e. The van der Waals surface area contributed by atoms with Crippen LogP contribution < -0.4 is 5.32 Å². The van der Waals surface area contributed by atoms with E-state index in [0.717, 1.165) is 21.6 Å². The predicted octanol–water partition coefficient (Wildman–Crippen LogP) is 2.36. The number of nitrogens with zero attached hydrogens (tertiary/aromatic N) is 1. The molecule has 0 saturated heterocycles. The number of halogens is 1. The van der Waals surface area contributed by atoms with Crippen LogP contribution in [0.1, 0.15) is 23.2 Å². The lowest BCUT2D eigenvalue weighted by Crippen LogP contribution is -2.41. The van der Waals surface area contributed by atoms with E-state index in [2.05, 4.69) is 46.9 Å². The van der Waals surface area contributed by atoms with Crippen LogP contribution in [0.25, 0.3) is 0 Å². The molecule has 1 atom stereocenters. The van der Waals surface area contributed by atoms with E-state index in [-0.39, 0.29) is 5.91 Å². The first-order chi connectivity index (χ1) is 8.59. The smallest absolute Gasteiger partial charge is 0.252 e. The van der Waals surface area contributed by atoms with Gasteiger partial charge in [-0.05, 0) is 67.6 Å². The Hall–Kier alpha value is -0.620. The summed E-state index contributed by atoms with van der Waals surface area (Å²) in [7, 11) is 4.17. The number of likely N-dealkylation sites (N-methyl/N-ethyl adjacent to an activating group) is 1. The largest absolute Gasteiger partial charge is 0.350 e. The molecule has 2 rings (SSSR count). The molecular weight excluding hydrogens is 339 g/mol. The van der Waals surface area contributed by atoms with Gasteiger partial charge in [-0.25, -0.2) is 0 Å². The SMILES string of the molecule is CN(C)[C@@H](CNC(=O)c1ccccc1I)C1CC1. The van der Waals surface area contributed by atoms with Gasteiger partial charge >= 0.3 is 0 Å². The molecule has 0 radical (unpaired) electrons. The molecule has 1 aliphatic rings. The van der Waals surface area contributed by atoms with Gasteiger partial charge in [0.25, 0.3) is 5.91 Å². The molecule has 0 unspecified atom stereocenters. The standard InChI is InChI=1S/C14H19IN2O/c1-17(2)13(10-7-8-10)9-16-14(18)11-5-3-4-6-12(11)15/h3-6,10,13H,7-9H2,1-2H3,(H,16,18)/t13-/m0/s1. The Labute approximate surface area is 122 Å². The molecule has 0 heterocycles. The molecule has 3 nitrogen and oxygen atoms in total. The summed E-state index contributed by atoms with van der Waals surface area (Å²) >= 11 is 2.20. The molecule has 1 aliphatic carbocycles. The van der Waals surface area contributed by atoms with Crippen LogP contribution in [0, 0.1) is 9.49 Å². The van der Waals surface area contributed by atoms with Crippen LogP contribution in [0.4, 0.5) is 0 Å². The van der Waals surface area contributed by atoms with Crippen molar-refractivity contribution >= 4 is 28.5 Å². The highest BCUT2D eigenvalue weighted by Crippen LogP contribution is 2.34. The summed E-state index contributed by atoms with van der Waals surface area (Å²) in [5.41, 5.74) is 0.770.